The van der Waals surface area contributed by atoms with Gasteiger partial charge in [0.05, 0.1) is 10.5 Å². The van der Waals surface area contributed by atoms with Crippen molar-refractivity contribution in [1.82, 2.24) is 0 Å². The lowest BCUT2D eigenvalue weighted by Crippen LogP contribution is -2.15. The molecule has 0 fully saturated rings. The molecule has 0 unspecified atom stereocenters. The summed E-state index contributed by atoms with van der Waals surface area (Å²) in [7, 11) is -3.82. The molecule has 5 nitrogen and oxygen atoms in total. The highest BCUT2D eigenvalue weighted by atomic mass is 79.9. The first kappa shape index (κ1) is 16.0. The van der Waals surface area contributed by atoms with Gasteiger partial charge >= 0.3 is 0 Å². The highest BCUT2D eigenvalue weighted by Crippen LogP contribution is 2.23. The number of amides is 1. The van der Waals surface area contributed by atoms with E-state index in [1.54, 1.807) is 24.3 Å². The van der Waals surface area contributed by atoms with E-state index in [9.17, 15) is 13.2 Å². The third-order valence-corrected chi connectivity index (χ3v) is 4.40. The van der Waals surface area contributed by atoms with Gasteiger partial charge in [0.25, 0.3) is 5.91 Å². The van der Waals surface area contributed by atoms with Crippen LogP contribution in [0.2, 0.25) is 5.02 Å². The molecular formula is C13H10BrClN2O3S. The summed E-state index contributed by atoms with van der Waals surface area (Å²) in [4.78, 5) is 12.1. The van der Waals surface area contributed by atoms with Crippen LogP contribution < -0.4 is 10.5 Å². The van der Waals surface area contributed by atoms with Crippen LogP contribution in [-0.4, -0.2) is 14.3 Å². The molecule has 0 aliphatic rings. The molecule has 0 aromatic heterocycles. The standard InChI is InChI=1S/C13H10BrClN2O3S/c14-12-6-8(15)4-5-11(12)13(18)17-9-2-1-3-10(7-9)21(16,19)20/h1-7H,(H,17,18)(H2,16,19,20). The molecule has 0 saturated carbocycles. The number of halogens is 2. The molecule has 1 amide bonds. The maximum Gasteiger partial charge on any atom is 0.256 e. The van der Waals surface area contributed by atoms with E-state index in [-0.39, 0.29) is 4.90 Å². The van der Waals surface area contributed by atoms with E-state index in [1.807, 2.05) is 0 Å². The summed E-state index contributed by atoms with van der Waals surface area (Å²) in [6.07, 6.45) is 0. The Kier molecular flexibility index (Phi) is 4.67. The van der Waals surface area contributed by atoms with Gasteiger partial charge in [0.2, 0.25) is 10.0 Å². The van der Waals surface area contributed by atoms with Crippen molar-refractivity contribution in [2.45, 2.75) is 4.90 Å². The van der Waals surface area contributed by atoms with Crippen LogP contribution in [0.4, 0.5) is 5.69 Å². The van der Waals surface area contributed by atoms with Crippen molar-refractivity contribution < 1.29 is 13.2 Å². The van der Waals surface area contributed by atoms with E-state index >= 15 is 0 Å². The van der Waals surface area contributed by atoms with Crippen LogP contribution in [0.1, 0.15) is 10.4 Å². The average molecular weight is 390 g/mol. The molecule has 0 radical (unpaired) electrons. The first-order chi connectivity index (χ1) is 9.77. The summed E-state index contributed by atoms with van der Waals surface area (Å²) in [5, 5.41) is 8.14. The fourth-order valence-corrected chi connectivity index (χ4v) is 3.05. The van der Waals surface area contributed by atoms with Crippen molar-refractivity contribution in [3.63, 3.8) is 0 Å². The average Bonchev–Trinajstić information content (AvgIpc) is 2.37. The second-order valence-corrected chi connectivity index (χ2v) is 7.00. The summed E-state index contributed by atoms with van der Waals surface area (Å²) in [5.41, 5.74) is 0.703. The Bertz CT molecular complexity index is 809. The SMILES string of the molecule is NS(=O)(=O)c1cccc(NC(=O)c2ccc(Cl)cc2Br)c1. The first-order valence-corrected chi connectivity index (χ1v) is 8.38. The summed E-state index contributed by atoms with van der Waals surface area (Å²) in [6.45, 7) is 0. The molecule has 2 aromatic carbocycles. The lowest BCUT2D eigenvalue weighted by molar-refractivity contribution is 0.102. The van der Waals surface area contributed by atoms with E-state index in [2.05, 4.69) is 21.2 Å². The van der Waals surface area contributed by atoms with Crippen LogP contribution in [0, 0.1) is 0 Å². The highest BCUT2D eigenvalue weighted by molar-refractivity contribution is 9.10. The summed E-state index contributed by atoms with van der Waals surface area (Å²) in [5.74, 6) is -0.398. The van der Waals surface area contributed by atoms with Gasteiger partial charge in [-0.15, -0.1) is 0 Å². The minimum atomic E-state index is -3.82. The number of nitrogens with one attached hydrogen (secondary N) is 1. The quantitative estimate of drug-likeness (QED) is 0.845. The number of benzene rings is 2. The molecule has 2 aromatic rings. The van der Waals surface area contributed by atoms with Crippen LogP contribution in [0.3, 0.4) is 0 Å². The summed E-state index contributed by atoms with van der Waals surface area (Å²) in [6, 6.07) is 10.4. The van der Waals surface area contributed by atoms with Gasteiger partial charge in [-0.1, -0.05) is 17.7 Å². The molecule has 0 bridgehead atoms. The molecule has 2 rings (SSSR count). The fraction of sp³-hybridized carbons (Fsp3) is 0. The third-order valence-electron chi connectivity index (χ3n) is 2.60. The Morgan fingerprint density at radius 3 is 2.52 bits per heavy atom. The smallest absolute Gasteiger partial charge is 0.256 e. The van der Waals surface area contributed by atoms with E-state index in [0.717, 1.165) is 0 Å². The number of sulfonamides is 1. The van der Waals surface area contributed by atoms with Gasteiger partial charge in [-0.05, 0) is 52.3 Å². The number of hydrogen-bond donors (Lipinski definition) is 2. The van der Waals surface area contributed by atoms with Crippen LogP contribution >= 0.6 is 27.5 Å². The van der Waals surface area contributed by atoms with Gasteiger partial charge in [-0.3, -0.25) is 4.79 Å². The van der Waals surface area contributed by atoms with Crippen LogP contribution in [0.25, 0.3) is 0 Å². The number of hydrogen-bond acceptors (Lipinski definition) is 3. The Morgan fingerprint density at radius 1 is 1.19 bits per heavy atom. The molecule has 0 aliphatic heterocycles. The molecule has 0 aliphatic carbocycles. The largest absolute Gasteiger partial charge is 0.322 e. The predicted octanol–water partition coefficient (Wildman–Crippen LogP) is 3.00. The maximum absolute atomic E-state index is 12.1. The lowest BCUT2D eigenvalue weighted by Gasteiger charge is -2.08. The number of rotatable bonds is 3. The summed E-state index contributed by atoms with van der Waals surface area (Å²) >= 11 is 9.06. The Balaban J connectivity index is 2.28. The minimum absolute atomic E-state index is 0.0736. The molecule has 0 spiro atoms. The van der Waals surface area contributed by atoms with Gasteiger partial charge in [0.15, 0.2) is 0 Å². The second kappa shape index (κ2) is 6.15. The zero-order valence-corrected chi connectivity index (χ0v) is 13.7. The Hall–Kier alpha value is -1.41. The number of nitrogens with two attached hydrogens (primary N) is 1. The Labute approximate surface area is 135 Å². The molecule has 0 saturated heterocycles. The molecule has 0 atom stereocenters. The normalized spacial score (nSPS) is 11.2. The number of anilines is 1. The molecule has 21 heavy (non-hydrogen) atoms. The number of carbonyl (C=O) groups is 1. The van der Waals surface area contributed by atoms with Crippen molar-refractivity contribution in [2.24, 2.45) is 5.14 Å². The number of carbonyl (C=O) groups excluding carboxylic acids is 1. The highest BCUT2D eigenvalue weighted by Gasteiger charge is 2.13. The van der Waals surface area contributed by atoms with Crippen molar-refractivity contribution in [2.75, 3.05) is 5.32 Å². The monoisotopic (exact) mass is 388 g/mol. The Morgan fingerprint density at radius 2 is 1.90 bits per heavy atom. The zero-order valence-electron chi connectivity index (χ0n) is 10.5. The van der Waals surface area contributed by atoms with E-state index < -0.39 is 15.9 Å². The van der Waals surface area contributed by atoms with Gasteiger partial charge in [0.1, 0.15) is 0 Å². The van der Waals surface area contributed by atoms with Crippen LogP contribution in [-0.2, 0) is 10.0 Å². The lowest BCUT2D eigenvalue weighted by atomic mass is 10.2. The summed E-state index contributed by atoms with van der Waals surface area (Å²) < 4.78 is 23.1. The first-order valence-electron chi connectivity index (χ1n) is 5.66. The van der Waals surface area contributed by atoms with Crippen molar-refractivity contribution >= 4 is 49.1 Å². The molecule has 8 heteroatoms. The van der Waals surface area contributed by atoms with Gasteiger partial charge in [-0.2, -0.15) is 0 Å². The number of primary sulfonamides is 1. The van der Waals surface area contributed by atoms with E-state index in [4.69, 9.17) is 16.7 Å². The minimum Gasteiger partial charge on any atom is -0.322 e. The predicted molar refractivity (Wildman–Crippen MR) is 84.9 cm³/mol. The van der Waals surface area contributed by atoms with Crippen molar-refractivity contribution in [1.29, 1.82) is 0 Å². The van der Waals surface area contributed by atoms with Crippen LogP contribution in [0.15, 0.2) is 51.8 Å². The molecule has 110 valence electrons. The van der Waals surface area contributed by atoms with E-state index in [1.165, 1.54) is 18.2 Å². The zero-order chi connectivity index (χ0) is 15.6. The topological polar surface area (TPSA) is 89.3 Å². The van der Waals surface area contributed by atoms with E-state index in [0.29, 0.717) is 20.7 Å². The van der Waals surface area contributed by atoms with Gasteiger partial charge in [0, 0.05) is 15.2 Å². The van der Waals surface area contributed by atoms with Crippen molar-refractivity contribution in [3.05, 3.63) is 57.5 Å². The molecular weight excluding hydrogens is 380 g/mol. The maximum atomic E-state index is 12.1. The fourth-order valence-electron chi connectivity index (χ4n) is 1.62. The molecule has 0 heterocycles. The van der Waals surface area contributed by atoms with Crippen LogP contribution in [0.5, 0.6) is 0 Å². The second-order valence-electron chi connectivity index (χ2n) is 4.15. The third kappa shape index (κ3) is 4.04. The van der Waals surface area contributed by atoms with Gasteiger partial charge in [-0.25, -0.2) is 13.6 Å². The van der Waals surface area contributed by atoms with Crippen molar-refractivity contribution in [3.8, 4) is 0 Å². The van der Waals surface area contributed by atoms with Gasteiger partial charge < -0.3 is 5.32 Å². The molecule has 3 N–H and O–H groups in total.